The van der Waals surface area contributed by atoms with Gasteiger partial charge in [-0.15, -0.1) is 11.3 Å². The van der Waals surface area contributed by atoms with Crippen molar-refractivity contribution in [2.75, 3.05) is 13.2 Å². The molecule has 0 saturated heterocycles. The fourth-order valence-corrected chi connectivity index (χ4v) is 3.26. The van der Waals surface area contributed by atoms with E-state index in [0.29, 0.717) is 24.9 Å². The van der Waals surface area contributed by atoms with Crippen molar-refractivity contribution in [3.63, 3.8) is 0 Å². The molecular weight excluding hydrogens is 322 g/mol. The van der Waals surface area contributed by atoms with E-state index >= 15 is 0 Å². The Labute approximate surface area is 146 Å². The number of nitrogens with one attached hydrogen (secondary N) is 1. The third kappa shape index (κ3) is 5.49. The lowest BCUT2D eigenvalue weighted by Crippen LogP contribution is -2.28. The Balaban J connectivity index is 1.64. The summed E-state index contributed by atoms with van der Waals surface area (Å²) in [4.78, 5) is 25.8. The highest BCUT2D eigenvalue weighted by atomic mass is 32.1. The third-order valence-corrected chi connectivity index (χ3v) is 4.65. The van der Waals surface area contributed by atoms with E-state index < -0.39 is 0 Å². The van der Waals surface area contributed by atoms with Gasteiger partial charge in [-0.25, -0.2) is 4.79 Å². The summed E-state index contributed by atoms with van der Waals surface area (Å²) < 4.78 is 5.20. The van der Waals surface area contributed by atoms with E-state index in [1.165, 1.54) is 5.56 Å². The molecule has 0 aliphatic carbocycles. The van der Waals surface area contributed by atoms with Crippen LogP contribution < -0.4 is 5.32 Å². The maximum atomic E-state index is 11.9. The number of thiophene rings is 1. The molecule has 0 bridgehead atoms. The van der Waals surface area contributed by atoms with Crippen LogP contribution in [0.15, 0.2) is 30.3 Å². The van der Waals surface area contributed by atoms with Crippen LogP contribution in [0.2, 0.25) is 0 Å². The predicted molar refractivity (Wildman–Crippen MR) is 96.6 cm³/mol. The van der Waals surface area contributed by atoms with E-state index in [0.717, 1.165) is 15.3 Å². The van der Waals surface area contributed by atoms with Crippen LogP contribution >= 0.6 is 11.3 Å². The Morgan fingerprint density at radius 2 is 1.83 bits per heavy atom. The maximum Gasteiger partial charge on any atom is 0.339 e. The molecule has 0 aliphatic rings. The Hall–Kier alpha value is -2.14. The summed E-state index contributed by atoms with van der Waals surface area (Å²) in [6.45, 7) is 6.42. The average Bonchev–Trinajstić information content (AvgIpc) is 2.89. The summed E-state index contributed by atoms with van der Waals surface area (Å²) >= 11 is 1.58. The summed E-state index contributed by atoms with van der Waals surface area (Å²) in [6, 6.07) is 10.00. The van der Waals surface area contributed by atoms with Crippen molar-refractivity contribution >= 4 is 23.2 Å². The van der Waals surface area contributed by atoms with E-state index in [4.69, 9.17) is 4.74 Å². The van der Waals surface area contributed by atoms with Crippen molar-refractivity contribution < 1.29 is 14.3 Å². The molecule has 2 aromatic rings. The molecule has 1 aromatic heterocycles. The Kier molecular flexibility index (Phi) is 6.55. The second kappa shape index (κ2) is 8.64. The molecule has 2 rings (SSSR count). The van der Waals surface area contributed by atoms with Gasteiger partial charge in [-0.3, -0.25) is 4.79 Å². The molecule has 0 atom stereocenters. The second-order valence-corrected chi connectivity index (χ2v) is 7.26. The SMILES string of the molecule is Cc1ccc(CCC(=O)NCCOC(=O)c2cc(C)sc2C)cc1. The molecule has 1 heterocycles. The number of hydrogen-bond donors (Lipinski definition) is 1. The molecule has 128 valence electrons. The first-order chi connectivity index (χ1) is 11.5. The van der Waals surface area contributed by atoms with Crippen molar-refractivity contribution in [3.05, 3.63) is 56.8 Å². The lowest BCUT2D eigenvalue weighted by Gasteiger charge is -2.07. The maximum absolute atomic E-state index is 11.9. The highest BCUT2D eigenvalue weighted by molar-refractivity contribution is 7.12. The number of carbonyl (C=O) groups is 2. The summed E-state index contributed by atoms with van der Waals surface area (Å²) in [5.74, 6) is -0.361. The molecule has 4 nitrogen and oxygen atoms in total. The van der Waals surface area contributed by atoms with Gasteiger partial charge in [0, 0.05) is 16.2 Å². The summed E-state index contributed by atoms with van der Waals surface area (Å²) in [5, 5.41) is 2.78. The lowest BCUT2D eigenvalue weighted by molar-refractivity contribution is -0.121. The standard InChI is InChI=1S/C19H23NO3S/c1-13-4-6-16(7-5-13)8-9-18(21)20-10-11-23-19(22)17-12-14(2)24-15(17)3/h4-7,12H,8-11H2,1-3H3,(H,20,21). The monoisotopic (exact) mass is 345 g/mol. The van der Waals surface area contributed by atoms with Crippen LogP contribution in [0.3, 0.4) is 0 Å². The minimum Gasteiger partial charge on any atom is -0.460 e. The molecule has 0 aliphatic heterocycles. The zero-order valence-electron chi connectivity index (χ0n) is 14.3. The predicted octanol–water partition coefficient (Wildman–Crippen LogP) is 3.58. The first kappa shape index (κ1) is 18.2. The number of aryl methyl sites for hydroxylation is 4. The van der Waals surface area contributed by atoms with Gasteiger partial charge < -0.3 is 10.1 Å². The molecule has 1 aromatic carbocycles. The van der Waals surface area contributed by atoms with Gasteiger partial charge in [-0.05, 0) is 38.8 Å². The summed E-state index contributed by atoms with van der Waals surface area (Å²) in [7, 11) is 0. The number of esters is 1. The van der Waals surface area contributed by atoms with Crippen molar-refractivity contribution in [1.82, 2.24) is 5.32 Å². The normalized spacial score (nSPS) is 10.5. The molecular formula is C19H23NO3S. The van der Waals surface area contributed by atoms with Gasteiger partial charge in [0.25, 0.3) is 0 Å². The average molecular weight is 345 g/mol. The number of carbonyl (C=O) groups excluding carboxylic acids is 2. The molecule has 1 amide bonds. The smallest absolute Gasteiger partial charge is 0.339 e. The van der Waals surface area contributed by atoms with E-state index in [-0.39, 0.29) is 18.5 Å². The van der Waals surface area contributed by atoms with Crippen LogP contribution in [-0.2, 0) is 16.0 Å². The fraction of sp³-hybridized carbons (Fsp3) is 0.368. The van der Waals surface area contributed by atoms with Crippen molar-refractivity contribution in [2.45, 2.75) is 33.6 Å². The van der Waals surface area contributed by atoms with Crippen LogP contribution in [0.5, 0.6) is 0 Å². The van der Waals surface area contributed by atoms with Gasteiger partial charge in [0.1, 0.15) is 6.61 Å². The van der Waals surface area contributed by atoms with Crippen molar-refractivity contribution in [3.8, 4) is 0 Å². The van der Waals surface area contributed by atoms with Crippen LogP contribution in [0.4, 0.5) is 0 Å². The quantitative estimate of drug-likeness (QED) is 0.616. The van der Waals surface area contributed by atoms with Crippen LogP contribution in [0, 0.1) is 20.8 Å². The first-order valence-electron chi connectivity index (χ1n) is 8.02. The van der Waals surface area contributed by atoms with Crippen LogP contribution in [0.25, 0.3) is 0 Å². The molecule has 0 fully saturated rings. The molecule has 0 spiro atoms. The third-order valence-electron chi connectivity index (χ3n) is 3.68. The van der Waals surface area contributed by atoms with E-state index in [9.17, 15) is 9.59 Å². The molecule has 0 radical (unpaired) electrons. The number of rotatable bonds is 7. The minimum atomic E-state index is -0.328. The van der Waals surface area contributed by atoms with Gasteiger partial charge in [0.2, 0.25) is 5.91 Å². The van der Waals surface area contributed by atoms with Gasteiger partial charge in [-0.2, -0.15) is 0 Å². The Morgan fingerprint density at radius 1 is 1.12 bits per heavy atom. The van der Waals surface area contributed by atoms with E-state index in [1.54, 1.807) is 11.3 Å². The van der Waals surface area contributed by atoms with Crippen molar-refractivity contribution in [1.29, 1.82) is 0 Å². The number of ether oxygens (including phenoxy) is 1. The Bertz CT molecular complexity index is 704. The van der Waals surface area contributed by atoms with Gasteiger partial charge in [0.05, 0.1) is 12.1 Å². The van der Waals surface area contributed by atoms with Gasteiger partial charge >= 0.3 is 5.97 Å². The first-order valence-corrected chi connectivity index (χ1v) is 8.84. The molecule has 1 N–H and O–H groups in total. The zero-order chi connectivity index (χ0) is 17.5. The van der Waals surface area contributed by atoms with E-state index in [1.807, 2.05) is 51.1 Å². The highest BCUT2D eigenvalue weighted by Crippen LogP contribution is 2.21. The molecule has 5 heteroatoms. The second-order valence-electron chi connectivity index (χ2n) is 5.80. The lowest BCUT2D eigenvalue weighted by atomic mass is 10.1. The topological polar surface area (TPSA) is 55.4 Å². The van der Waals surface area contributed by atoms with Crippen LogP contribution in [-0.4, -0.2) is 25.0 Å². The van der Waals surface area contributed by atoms with Crippen molar-refractivity contribution in [2.24, 2.45) is 0 Å². The number of hydrogen-bond acceptors (Lipinski definition) is 4. The zero-order valence-corrected chi connectivity index (χ0v) is 15.2. The molecule has 0 unspecified atom stereocenters. The molecule has 24 heavy (non-hydrogen) atoms. The summed E-state index contributed by atoms with van der Waals surface area (Å²) in [6.07, 6.45) is 1.14. The number of benzene rings is 1. The molecule has 0 saturated carbocycles. The highest BCUT2D eigenvalue weighted by Gasteiger charge is 2.13. The largest absolute Gasteiger partial charge is 0.460 e. The Morgan fingerprint density at radius 3 is 2.46 bits per heavy atom. The number of amides is 1. The summed E-state index contributed by atoms with van der Waals surface area (Å²) in [5.41, 5.74) is 2.97. The van der Waals surface area contributed by atoms with Crippen LogP contribution in [0.1, 0.15) is 37.7 Å². The van der Waals surface area contributed by atoms with E-state index in [2.05, 4.69) is 5.32 Å². The fourth-order valence-electron chi connectivity index (χ4n) is 2.35. The van der Waals surface area contributed by atoms with Gasteiger partial charge in [0.15, 0.2) is 0 Å². The van der Waals surface area contributed by atoms with Gasteiger partial charge in [-0.1, -0.05) is 29.8 Å². The minimum absolute atomic E-state index is 0.0332.